The predicted octanol–water partition coefficient (Wildman–Crippen LogP) is 0.517. The first kappa shape index (κ1) is 13.2. The molecule has 0 aromatic carbocycles. The van der Waals surface area contributed by atoms with Crippen LogP contribution in [0.15, 0.2) is 15.9 Å². The molecular formula is C8H10N4O3S3. The zero-order valence-corrected chi connectivity index (χ0v) is 11.5. The molecule has 0 bridgehead atoms. The summed E-state index contributed by atoms with van der Waals surface area (Å²) in [7, 11) is -3.70. The van der Waals surface area contributed by atoms with E-state index >= 15 is 0 Å². The summed E-state index contributed by atoms with van der Waals surface area (Å²) in [5, 5.41) is 10.6. The Hall–Kier alpha value is -1.23. The van der Waals surface area contributed by atoms with Crippen molar-refractivity contribution >= 4 is 43.6 Å². The maximum atomic E-state index is 11.9. The van der Waals surface area contributed by atoms with Crippen molar-refractivity contribution in [1.82, 2.24) is 9.97 Å². The number of hydrogen-bond donors (Lipinski definition) is 3. The van der Waals surface area contributed by atoms with Gasteiger partial charge < -0.3 is 10.8 Å². The molecule has 4 N–H and O–H groups in total. The fraction of sp³-hybridized carbons (Fsp3) is 0.250. The molecule has 0 aliphatic heterocycles. The number of aliphatic hydroxyl groups excluding tert-OH is 1. The molecule has 0 saturated heterocycles. The predicted molar refractivity (Wildman–Crippen MR) is 70.2 cm³/mol. The normalized spacial score (nSPS) is 11.6. The minimum Gasteiger partial charge on any atom is -0.396 e. The highest BCUT2D eigenvalue weighted by Crippen LogP contribution is 2.27. The van der Waals surface area contributed by atoms with Gasteiger partial charge in [-0.2, -0.15) is 8.42 Å². The van der Waals surface area contributed by atoms with Crippen LogP contribution in [0.2, 0.25) is 0 Å². The second-order valence-corrected chi connectivity index (χ2v) is 7.04. The Bertz CT molecular complexity index is 620. The Morgan fingerprint density at radius 3 is 2.89 bits per heavy atom. The van der Waals surface area contributed by atoms with Gasteiger partial charge in [0.2, 0.25) is 4.34 Å². The summed E-state index contributed by atoms with van der Waals surface area (Å²) in [6.07, 6.45) is 1.76. The minimum absolute atomic E-state index is 0.0278. The van der Waals surface area contributed by atoms with Crippen LogP contribution in [0.1, 0.15) is 4.88 Å². The molecule has 0 aliphatic carbocycles. The molecule has 2 heterocycles. The highest BCUT2D eigenvalue weighted by atomic mass is 32.2. The molecule has 18 heavy (non-hydrogen) atoms. The van der Waals surface area contributed by atoms with Gasteiger partial charge in [0.1, 0.15) is 5.82 Å². The van der Waals surface area contributed by atoms with Crippen LogP contribution >= 0.6 is 22.7 Å². The lowest BCUT2D eigenvalue weighted by molar-refractivity contribution is 0.301. The van der Waals surface area contributed by atoms with Gasteiger partial charge in [0.05, 0.1) is 4.88 Å². The molecule has 0 radical (unpaired) electrons. The van der Waals surface area contributed by atoms with Crippen molar-refractivity contribution in [1.29, 1.82) is 0 Å². The highest BCUT2D eigenvalue weighted by molar-refractivity contribution is 7.94. The van der Waals surface area contributed by atoms with Gasteiger partial charge in [-0.25, -0.2) is 9.97 Å². The third-order valence-corrected chi connectivity index (χ3v) is 5.64. The van der Waals surface area contributed by atoms with Crippen LogP contribution in [0.25, 0.3) is 0 Å². The second kappa shape index (κ2) is 5.18. The first-order valence-electron chi connectivity index (χ1n) is 4.81. The van der Waals surface area contributed by atoms with Gasteiger partial charge in [0.15, 0.2) is 5.13 Å². The van der Waals surface area contributed by atoms with Gasteiger partial charge >= 0.3 is 0 Å². The third kappa shape index (κ3) is 2.77. The highest BCUT2D eigenvalue weighted by Gasteiger charge is 2.19. The van der Waals surface area contributed by atoms with Crippen molar-refractivity contribution in [3.05, 3.63) is 16.5 Å². The largest absolute Gasteiger partial charge is 0.396 e. The van der Waals surface area contributed by atoms with Crippen molar-refractivity contribution in [2.45, 2.75) is 10.8 Å². The molecule has 0 amide bonds. The Morgan fingerprint density at radius 2 is 2.28 bits per heavy atom. The summed E-state index contributed by atoms with van der Waals surface area (Å²) in [4.78, 5) is 8.27. The number of thiazole rings is 2. The number of sulfonamides is 1. The van der Waals surface area contributed by atoms with E-state index < -0.39 is 10.0 Å². The molecule has 2 rings (SSSR count). The molecule has 0 fully saturated rings. The Balaban J connectivity index is 2.22. The van der Waals surface area contributed by atoms with E-state index in [2.05, 4.69) is 14.7 Å². The monoisotopic (exact) mass is 306 g/mol. The number of nitrogen functional groups attached to an aromatic ring is 1. The number of hydrogen-bond acceptors (Lipinski definition) is 8. The van der Waals surface area contributed by atoms with Gasteiger partial charge in [-0.1, -0.05) is 11.3 Å². The van der Waals surface area contributed by atoms with Crippen molar-refractivity contribution < 1.29 is 13.5 Å². The van der Waals surface area contributed by atoms with E-state index in [0.717, 1.165) is 22.7 Å². The van der Waals surface area contributed by atoms with Crippen molar-refractivity contribution in [3.63, 3.8) is 0 Å². The van der Waals surface area contributed by atoms with Crippen molar-refractivity contribution in [3.8, 4) is 0 Å². The quantitative estimate of drug-likeness (QED) is 0.741. The van der Waals surface area contributed by atoms with Gasteiger partial charge in [-0.15, -0.1) is 11.3 Å². The first-order valence-corrected chi connectivity index (χ1v) is 7.99. The number of nitrogens with two attached hydrogens (primary N) is 1. The average Bonchev–Trinajstić information content (AvgIpc) is 2.90. The van der Waals surface area contributed by atoms with Crippen LogP contribution in [0.3, 0.4) is 0 Å². The number of rotatable bonds is 5. The first-order chi connectivity index (χ1) is 8.53. The van der Waals surface area contributed by atoms with E-state index in [9.17, 15) is 8.42 Å². The molecule has 7 nitrogen and oxygen atoms in total. The molecule has 10 heteroatoms. The maximum Gasteiger partial charge on any atom is 0.291 e. The summed E-state index contributed by atoms with van der Waals surface area (Å²) >= 11 is 2.11. The number of aromatic nitrogens is 2. The Kier molecular flexibility index (Phi) is 3.80. The lowest BCUT2D eigenvalue weighted by Crippen LogP contribution is -2.12. The topological polar surface area (TPSA) is 118 Å². The van der Waals surface area contributed by atoms with E-state index in [0.29, 0.717) is 11.3 Å². The Morgan fingerprint density at radius 1 is 1.50 bits per heavy atom. The zero-order valence-electron chi connectivity index (χ0n) is 9.03. The lowest BCUT2D eigenvalue weighted by atomic mass is 10.4. The molecule has 0 unspecified atom stereocenters. The van der Waals surface area contributed by atoms with Crippen LogP contribution < -0.4 is 10.5 Å². The van der Waals surface area contributed by atoms with Gasteiger partial charge in [0, 0.05) is 24.6 Å². The van der Waals surface area contributed by atoms with Crippen molar-refractivity contribution in [2.24, 2.45) is 0 Å². The average molecular weight is 306 g/mol. The summed E-state index contributed by atoms with van der Waals surface area (Å²) in [6.45, 7) is -0.0644. The summed E-state index contributed by atoms with van der Waals surface area (Å²) < 4.78 is 26.0. The number of nitrogens with one attached hydrogen (secondary N) is 1. The van der Waals surface area contributed by atoms with Crippen LogP contribution in [-0.2, 0) is 16.4 Å². The van der Waals surface area contributed by atoms with E-state index in [1.54, 1.807) is 5.38 Å². The molecule has 0 atom stereocenters. The summed E-state index contributed by atoms with van der Waals surface area (Å²) in [5.74, 6) is 0.228. The molecule has 0 saturated carbocycles. The number of nitrogens with zero attached hydrogens (tertiary/aromatic N) is 2. The van der Waals surface area contributed by atoms with Gasteiger partial charge in [-0.3, -0.25) is 4.72 Å². The SMILES string of the molecule is Nc1nc(NS(=O)(=O)c2nccs2)sc1CCO. The van der Waals surface area contributed by atoms with E-state index in [4.69, 9.17) is 10.8 Å². The van der Waals surface area contributed by atoms with Gasteiger partial charge in [-0.05, 0) is 0 Å². The number of anilines is 2. The molecule has 98 valence electrons. The summed E-state index contributed by atoms with van der Waals surface area (Å²) in [5.41, 5.74) is 5.61. The molecule has 2 aromatic heterocycles. The van der Waals surface area contributed by atoms with Crippen LogP contribution in [0, 0.1) is 0 Å². The van der Waals surface area contributed by atoms with E-state index in [1.807, 2.05) is 0 Å². The van der Waals surface area contributed by atoms with E-state index in [1.165, 1.54) is 6.20 Å². The van der Waals surface area contributed by atoms with Crippen LogP contribution in [0.5, 0.6) is 0 Å². The van der Waals surface area contributed by atoms with Crippen molar-refractivity contribution in [2.75, 3.05) is 17.1 Å². The standard InChI is InChI=1S/C8H10N4O3S3/c9-6-5(1-3-13)17-7(11-6)12-18(14,15)8-10-2-4-16-8/h2,4,13H,1,3,9H2,(H,11,12). The fourth-order valence-electron chi connectivity index (χ4n) is 1.19. The smallest absolute Gasteiger partial charge is 0.291 e. The molecular weight excluding hydrogens is 296 g/mol. The summed E-state index contributed by atoms with van der Waals surface area (Å²) in [6, 6.07) is 0. The lowest BCUT2D eigenvalue weighted by Gasteiger charge is -1.99. The fourth-order valence-corrected chi connectivity index (χ4v) is 4.13. The Labute approximate surface area is 111 Å². The van der Waals surface area contributed by atoms with Gasteiger partial charge in [0.25, 0.3) is 10.0 Å². The third-order valence-electron chi connectivity index (χ3n) is 1.93. The minimum atomic E-state index is -3.70. The molecule has 2 aromatic rings. The van der Waals surface area contributed by atoms with Crippen LogP contribution in [0.4, 0.5) is 10.9 Å². The zero-order chi connectivity index (χ0) is 13.2. The molecule has 0 spiro atoms. The van der Waals surface area contributed by atoms with E-state index in [-0.39, 0.29) is 21.9 Å². The maximum absolute atomic E-state index is 11.9. The number of aliphatic hydroxyl groups is 1. The second-order valence-electron chi connectivity index (χ2n) is 3.20. The van der Waals surface area contributed by atoms with Crippen LogP contribution in [-0.4, -0.2) is 30.1 Å². The molecule has 0 aliphatic rings.